The number of amides is 1. The number of rotatable bonds is 5. The summed E-state index contributed by atoms with van der Waals surface area (Å²) in [6.07, 6.45) is 0. The number of nitro groups is 1. The summed E-state index contributed by atoms with van der Waals surface area (Å²) in [4.78, 5) is 26.0. The van der Waals surface area contributed by atoms with Crippen molar-refractivity contribution in [1.29, 1.82) is 0 Å². The molecule has 1 aliphatic heterocycles. The van der Waals surface area contributed by atoms with Crippen molar-refractivity contribution in [1.82, 2.24) is 15.1 Å². The summed E-state index contributed by atoms with van der Waals surface area (Å²) in [5.41, 5.74) is 6.99. The predicted octanol–water partition coefficient (Wildman–Crippen LogP) is 5.35. The average molecular weight is 438 g/mol. The minimum atomic E-state index is -0.422. The minimum absolute atomic E-state index is 0.0133. The largest absolute Gasteiger partial charge is 0.322 e. The molecule has 1 N–H and O–H groups in total. The van der Waals surface area contributed by atoms with E-state index in [0.717, 1.165) is 33.4 Å². The molecule has 0 aliphatic carbocycles. The van der Waals surface area contributed by atoms with Gasteiger partial charge in [-0.1, -0.05) is 59.7 Å². The first kappa shape index (κ1) is 20.6. The third kappa shape index (κ3) is 3.67. The van der Waals surface area contributed by atoms with E-state index in [2.05, 4.69) is 10.2 Å². The fraction of sp³-hybridized carbons (Fsp3) is 0.154. The molecule has 2 heterocycles. The predicted molar refractivity (Wildman–Crippen MR) is 125 cm³/mol. The molecule has 0 bridgehead atoms. The van der Waals surface area contributed by atoms with Crippen molar-refractivity contribution >= 4 is 11.6 Å². The summed E-state index contributed by atoms with van der Waals surface area (Å²) >= 11 is 0. The van der Waals surface area contributed by atoms with E-state index in [1.165, 1.54) is 12.1 Å². The van der Waals surface area contributed by atoms with E-state index in [-0.39, 0.29) is 11.6 Å². The molecule has 0 fully saturated rings. The lowest BCUT2D eigenvalue weighted by molar-refractivity contribution is -0.384. The van der Waals surface area contributed by atoms with E-state index in [9.17, 15) is 14.9 Å². The normalized spacial score (nSPS) is 15.0. The van der Waals surface area contributed by atoms with Crippen LogP contribution in [-0.4, -0.2) is 25.9 Å². The number of aromatic nitrogens is 2. The molecule has 4 aromatic rings. The van der Waals surface area contributed by atoms with E-state index >= 15 is 0 Å². The van der Waals surface area contributed by atoms with Crippen LogP contribution in [0.1, 0.15) is 44.3 Å². The minimum Gasteiger partial charge on any atom is -0.322 e. The summed E-state index contributed by atoms with van der Waals surface area (Å²) in [6, 6.07) is 22.1. The molecule has 1 unspecified atom stereocenters. The molecule has 0 spiro atoms. The smallest absolute Gasteiger partial charge is 0.273 e. The van der Waals surface area contributed by atoms with Crippen molar-refractivity contribution in [3.63, 3.8) is 0 Å². The number of aromatic amines is 1. The summed E-state index contributed by atoms with van der Waals surface area (Å²) in [7, 11) is 0. The SMILES string of the molecule is Cc1ccc(CN2C(=O)c3[nH]nc(-c4ccc(C)cc4)c3C2c2ccc([N+](=O)[O-])cc2)cc1. The van der Waals surface area contributed by atoms with Gasteiger partial charge in [0.2, 0.25) is 0 Å². The highest BCUT2D eigenvalue weighted by atomic mass is 16.6. The lowest BCUT2D eigenvalue weighted by atomic mass is 9.95. The van der Waals surface area contributed by atoms with E-state index < -0.39 is 11.0 Å². The maximum absolute atomic E-state index is 13.5. The van der Waals surface area contributed by atoms with Crippen LogP contribution >= 0.6 is 0 Å². The van der Waals surface area contributed by atoms with Crippen molar-refractivity contribution in [2.24, 2.45) is 0 Å². The van der Waals surface area contributed by atoms with Crippen LogP contribution < -0.4 is 0 Å². The van der Waals surface area contributed by atoms with E-state index in [4.69, 9.17) is 0 Å². The Morgan fingerprint density at radius 1 is 0.939 bits per heavy atom. The number of H-pyrrole nitrogens is 1. The van der Waals surface area contributed by atoms with Crippen LogP contribution in [0.4, 0.5) is 5.69 Å². The fourth-order valence-corrected chi connectivity index (χ4v) is 4.31. The second-order valence-electron chi connectivity index (χ2n) is 8.40. The summed E-state index contributed by atoms with van der Waals surface area (Å²) in [5.74, 6) is -0.139. The van der Waals surface area contributed by atoms with Gasteiger partial charge >= 0.3 is 0 Å². The third-order valence-corrected chi connectivity index (χ3v) is 6.08. The molecule has 5 rings (SSSR count). The summed E-state index contributed by atoms with van der Waals surface area (Å²) in [5, 5.41) is 18.6. The molecular formula is C26H22N4O3. The molecule has 1 atom stereocenters. The van der Waals surface area contributed by atoms with Gasteiger partial charge in [0, 0.05) is 29.8 Å². The third-order valence-electron chi connectivity index (χ3n) is 6.08. The van der Waals surface area contributed by atoms with Gasteiger partial charge in [-0.05, 0) is 37.1 Å². The molecule has 1 aromatic heterocycles. The molecule has 1 aliphatic rings. The number of fused-ring (bicyclic) bond motifs is 1. The van der Waals surface area contributed by atoms with Gasteiger partial charge in [0.25, 0.3) is 11.6 Å². The Bertz CT molecular complexity index is 1340. The number of hydrogen-bond acceptors (Lipinski definition) is 4. The molecule has 164 valence electrons. The quantitative estimate of drug-likeness (QED) is 0.336. The molecule has 33 heavy (non-hydrogen) atoms. The topological polar surface area (TPSA) is 92.1 Å². The maximum atomic E-state index is 13.5. The van der Waals surface area contributed by atoms with Crippen LogP contribution in [0.15, 0.2) is 72.8 Å². The number of nitrogens with zero attached hydrogens (tertiary/aromatic N) is 3. The van der Waals surface area contributed by atoms with Crippen molar-refractivity contribution in [2.75, 3.05) is 0 Å². The number of hydrogen-bond donors (Lipinski definition) is 1. The molecule has 0 saturated heterocycles. The Hall–Kier alpha value is -4.26. The van der Waals surface area contributed by atoms with Gasteiger partial charge < -0.3 is 4.90 Å². The van der Waals surface area contributed by atoms with Crippen LogP contribution in [-0.2, 0) is 6.54 Å². The Morgan fingerprint density at radius 3 is 2.15 bits per heavy atom. The van der Waals surface area contributed by atoms with E-state index in [1.54, 1.807) is 17.0 Å². The highest BCUT2D eigenvalue weighted by Crippen LogP contribution is 2.43. The first-order chi connectivity index (χ1) is 15.9. The van der Waals surface area contributed by atoms with Crippen molar-refractivity contribution < 1.29 is 9.72 Å². The van der Waals surface area contributed by atoms with Gasteiger partial charge in [0.1, 0.15) is 5.69 Å². The Morgan fingerprint density at radius 2 is 1.55 bits per heavy atom. The summed E-state index contributed by atoms with van der Waals surface area (Å²) in [6.45, 7) is 4.46. The number of non-ortho nitro benzene ring substituents is 1. The standard InChI is InChI=1S/C26H22N4O3/c1-16-3-7-18(8-4-16)15-29-25(20-11-13-21(14-12-20)30(32)33)22-23(27-28-24(22)26(29)31)19-9-5-17(2)6-10-19/h3-14,25H,15H2,1-2H3,(H,27,28). The maximum Gasteiger partial charge on any atom is 0.273 e. The van der Waals surface area contributed by atoms with Gasteiger partial charge in [0.05, 0.1) is 16.7 Å². The molecule has 0 radical (unpaired) electrons. The van der Waals surface area contributed by atoms with Crippen LogP contribution in [0.25, 0.3) is 11.3 Å². The molecule has 7 heteroatoms. The molecule has 7 nitrogen and oxygen atoms in total. The van der Waals surface area contributed by atoms with E-state index in [0.29, 0.717) is 17.9 Å². The zero-order valence-electron chi connectivity index (χ0n) is 18.3. The van der Waals surface area contributed by atoms with Crippen LogP contribution in [0.2, 0.25) is 0 Å². The monoisotopic (exact) mass is 438 g/mol. The Kier molecular flexibility index (Phi) is 5.01. The van der Waals surface area contributed by atoms with Gasteiger partial charge in [-0.2, -0.15) is 5.10 Å². The van der Waals surface area contributed by atoms with Gasteiger partial charge in [-0.15, -0.1) is 0 Å². The highest BCUT2D eigenvalue weighted by molar-refractivity contribution is 6.00. The number of aryl methyl sites for hydroxylation is 2. The summed E-state index contributed by atoms with van der Waals surface area (Å²) < 4.78 is 0. The molecular weight excluding hydrogens is 416 g/mol. The molecule has 3 aromatic carbocycles. The van der Waals surface area contributed by atoms with Gasteiger partial charge in [-0.25, -0.2) is 0 Å². The molecule has 1 amide bonds. The van der Waals surface area contributed by atoms with Gasteiger partial charge in [-0.3, -0.25) is 20.0 Å². The van der Waals surface area contributed by atoms with Crippen LogP contribution in [0, 0.1) is 24.0 Å². The molecule has 0 saturated carbocycles. The number of nitrogens with one attached hydrogen (secondary N) is 1. The number of benzene rings is 3. The second-order valence-corrected chi connectivity index (χ2v) is 8.40. The van der Waals surface area contributed by atoms with Crippen molar-refractivity contribution in [3.05, 3.63) is 116 Å². The first-order valence-electron chi connectivity index (χ1n) is 10.7. The number of carbonyl (C=O) groups is 1. The van der Waals surface area contributed by atoms with Crippen molar-refractivity contribution in [3.8, 4) is 11.3 Å². The number of carbonyl (C=O) groups excluding carboxylic acids is 1. The lowest BCUT2D eigenvalue weighted by Crippen LogP contribution is -2.29. The van der Waals surface area contributed by atoms with Crippen molar-refractivity contribution in [2.45, 2.75) is 26.4 Å². The Labute approximate surface area is 190 Å². The zero-order chi connectivity index (χ0) is 23.1. The van der Waals surface area contributed by atoms with Crippen LogP contribution in [0.3, 0.4) is 0 Å². The van der Waals surface area contributed by atoms with E-state index in [1.807, 2.05) is 62.4 Å². The fourth-order valence-electron chi connectivity index (χ4n) is 4.31. The van der Waals surface area contributed by atoms with Crippen LogP contribution in [0.5, 0.6) is 0 Å². The number of nitro benzene ring substituents is 1. The average Bonchev–Trinajstić information content (AvgIpc) is 3.35. The zero-order valence-corrected chi connectivity index (χ0v) is 18.3. The lowest BCUT2D eigenvalue weighted by Gasteiger charge is -2.26. The highest BCUT2D eigenvalue weighted by Gasteiger charge is 2.42. The first-order valence-corrected chi connectivity index (χ1v) is 10.7. The second kappa shape index (κ2) is 8.02. The van der Waals surface area contributed by atoms with Gasteiger partial charge in [0.15, 0.2) is 0 Å². The Balaban J connectivity index is 1.63.